The molecule has 1 fully saturated rings. The molecule has 1 saturated heterocycles. The summed E-state index contributed by atoms with van der Waals surface area (Å²) in [5.74, 6) is 0.364. The van der Waals surface area contributed by atoms with Crippen molar-refractivity contribution in [3.63, 3.8) is 0 Å². The van der Waals surface area contributed by atoms with Crippen molar-refractivity contribution in [2.24, 2.45) is 0 Å². The molecule has 0 bridgehead atoms. The number of nitrogens with one attached hydrogen (secondary N) is 1. The van der Waals surface area contributed by atoms with Gasteiger partial charge in [-0.05, 0) is 37.6 Å². The van der Waals surface area contributed by atoms with E-state index in [2.05, 4.69) is 12.2 Å². The number of unbranched alkanes of at least 4 members (excludes halogenated alkanes) is 2. The normalized spacial score (nSPS) is 16.3. The van der Waals surface area contributed by atoms with Crippen molar-refractivity contribution in [1.29, 1.82) is 0 Å². The van der Waals surface area contributed by atoms with Gasteiger partial charge in [-0.25, -0.2) is 0 Å². The highest BCUT2D eigenvalue weighted by Gasteiger charge is 2.32. The summed E-state index contributed by atoms with van der Waals surface area (Å²) in [6.45, 7) is 6.27. The van der Waals surface area contributed by atoms with Crippen LogP contribution in [0.25, 0.3) is 0 Å². The predicted octanol–water partition coefficient (Wildman–Crippen LogP) is 2.85. The maximum absolute atomic E-state index is 12.6. The molecule has 0 saturated carbocycles. The van der Waals surface area contributed by atoms with Crippen LogP contribution in [-0.2, 0) is 19.1 Å². The molecular weight excluding hydrogens is 360 g/mol. The number of rotatable bonds is 10. The Morgan fingerprint density at radius 2 is 1.86 bits per heavy atom. The van der Waals surface area contributed by atoms with E-state index >= 15 is 0 Å². The molecule has 156 valence electrons. The van der Waals surface area contributed by atoms with E-state index in [9.17, 15) is 9.59 Å². The molecule has 1 N–H and O–H groups in total. The van der Waals surface area contributed by atoms with E-state index in [0.717, 1.165) is 19.3 Å². The fourth-order valence-electron chi connectivity index (χ4n) is 2.97. The highest BCUT2D eigenvalue weighted by molar-refractivity contribution is 5.97. The zero-order valence-electron chi connectivity index (χ0n) is 17.2. The average molecular weight is 392 g/mol. The zero-order valence-corrected chi connectivity index (χ0v) is 17.2. The molecule has 0 aliphatic carbocycles. The van der Waals surface area contributed by atoms with Crippen molar-refractivity contribution in [2.45, 2.75) is 45.1 Å². The fourth-order valence-corrected chi connectivity index (χ4v) is 2.97. The van der Waals surface area contributed by atoms with Gasteiger partial charge in [0.2, 0.25) is 0 Å². The minimum absolute atomic E-state index is 0.00905. The molecule has 1 aliphatic rings. The van der Waals surface area contributed by atoms with Gasteiger partial charge in [0.15, 0.2) is 6.61 Å². The van der Waals surface area contributed by atoms with Crippen LogP contribution in [0.4, 0.5) is 5.69 Å². The maximum Gasteiger partial charge on any atom is 0.260 e. The van der Waals surface area contributed by atoms with Crippen molar-refractivity contribution in [3.8, 4) is 5.75 Å². The summed E-state index contributed by atoms with van der Waals surface area (Å²) in [4.78, 5) is 26.5. The lowest BCUT2D eigenvalue weighted by Gasteiger charge is -2.27. The Morgan fingerprint density at radius 1 is 1.18 bits per heavy atom. The van der Waals surface area contributed by atoms with Gasteiger partial charge in [0.05, 0.1) is 13.2 Å². The molecule has 7 heteroatoms. The van der Waals surface area contributed by atoms with Crippen LogP contribution in [0.5, 0.6) is 5.75 Å². The van der Waals surface area contributed by atoms with E-state index in [0.29, 0.717) is 44.2 Å². The number of anilines is 1. The summed E-state index contributed by atoms with van der Waals surface area (Å²) in [5, 5.41) is 2.90. The van der Waals surface area contributed by atoms with Crippen LogP contribution in [0.3, 0.4) is 0 Å². The third-order valence-electron chi connectivity index (χ3n) is 5.03. The standard InChI is InChI=1S/C21H32N2O5/c1-4-5-6-11-21(2,26-3)20(25)22-17-7-9-18(10-8-17)28-16-19(24)23-12-14-27-15-13-23/h7-10H,4-6,11-16H2,1-3H3,(H,22,25)/t21-/m0/s1. The molecule has 0 aromatic heterocycles. The molecule has 0 unspecified atom stereocenters. The Labute approximate surface area is 167 Å². The highest BCUT2D eigenvalue weighted by Crippen LogP contribution is 2.22. The highest BCUT2D eigenvalue weighted by atomic mass is 16.5. The second-order valence-electron chi connectivity index (χ2n) is 7.15. The van der Waals surface area contributed by atoms with E-state index in [4.69, 9.17) is 14.2 Å². The summed E-state index contributed by atoms with van der Waals surface area (Å²) in [6, 6.07) is 7.00. The number of morpholine rings is 1. The fraction of sp³-hybridized carbons (Fsp3) is 0.619. The number of methoxy groups -OCH3 is 1. The summed E-state index contributed by atoms with van der Waals surface area (Å²) in [6.07, 6.45) is 3.78. The van der Waals surface area contributed by atoms with E-state index in [-0.39, 0.29) is 18.4 Å². The first-order valence-corrected chi connectivity index (χ1v) is 9.93. The number of nitrogens with zero attached hydrogens (tertiary/aromatic N) is 1. The molecule has 1 aliphatic heterocycles. The lowest BCUT2D eigenvalue weighted by Crippen LogP contribution is -2.43. The van der Waals surface area contributed by atoms with E-state index in [1.54, 1.807) is 36.3 Å². The van der Waals surface area contributed by atoms with Crippen molar-refractivity contribution in [1.82, 2.24) is 4.90 Å². The van der Waals surface area contributed by atoms with Gasteiger partial charge in [-0.1, -0.05) is 26.2 Å². The molecule has 2 amide bonds. The summed E-state index contributed by atoms with van der Waals surface area (Å²) < 4.78 is 16.3. The lowest BCUT2D eigenvalue weighted by atomic mass is 9.97. The second-order valence-corrected chi connectivity index (χ2v) is 7.15. The maximum atomic E-state index is 12.6. The van der Waals surface area contributed by atoms with Crippen LogP contribution in [0, 0.1) is 0 Å². The minimum atomic E-state index is -0.852. The summed E-state index contributed by atoms with van der Waals surface area (Å²) in [5.41, 5.74) is -0.190. The van der Waals surface area contributed by atoms with Crippen LogP contribution in [0.2, 0.25) is 0 Å². The Bertz CT molecular complexity index is 628. The second kappa shape index (κ2) is 11.0. The Kier molecular flexibility index (Phi) is 8.73. The third-order valence-corrected chi connectivity index (χ3v) is 5.03. The van der Waals surface area contributed by atoms with Crippen LogP contribution in [-0.4, -0.2) is 62.3 Å². The molecule has 0 radical (unpaired) electrons. The Hall–Kier alpha value is -2.12. The molecule has 1 aromatic carbocycles. The van der Waals surface area contributed by atoms with Crippen LogP contribution in [0.1, 0.15) is 39.5 Å². The van der Waals surface area contributed by atoms with Crippen LogP contribution in [0.15, 0.2) is 24.3 Å². The van der Waals surface area contributed by atoms with Gasteiger partial charge in [0.25, 0.3) is 11.8 Å². The molecule has 0 spiro atoms. The molecule has 28 heavy (non-hydrogen) atoms. The molecule has 1 heterocycles. The minimum Gasteiger partial charge on any atom is -0.484 e. The van der Waals surface area contributed by atoms with Crippen LogP contribution >= 0.6 is 0 Å². The van der Waals surface area contributed by atoms with Crippen molar-refractivity contribution < 1.29 is 23.8 Å². The molecule has 2 rings (SSSR count). The first kappa shape index (κ1) is 22.2. The van der Waals surface area contributed by atoms with Crippen LogP contribution < -0.4 is 10.1 Å². The number of ether oxygens (including phenoxy) is 3. The van der Waals surface area contributed by atoms with Crippen molar-refractivity contribution in [2.75, 3.05) is 45.3 Å². The van der Waals surface area contributed by atoms with Gasteiger partial charge in [-0.15, -0.1) is 0 Å². The smallest absolute Gasteiger partial charge is 0.260 e. The number of hydrogen-bond donors (Lipinski definition) is 1. The molecular formula is C21H32N2O5. The SMILES string of the molecule is CCCCC[C@](C)(OC)C(=O)Nc1ccc(OCC(=O)N2CCOCC2)cc1. The molecule has 7 nitrogen and oxygen atoms in total. The largest absolute Gasteiger partial charge is 0.484 e. The van der Waals surface area contributed by atoms with Gasteiger partial charge in [-0.2, -0.15) is 0 Å². The monoisotopic (exact) mass is 392 g/mol. The third kappa shape index (κ3) is 6.49. The van der Waals surface area contributed by atoms with E-state index in [1.807, 2.05) is 6.92 Å². The number of carbonyl (C=O) groups excluding carboxylic acids is 2. The van der Waals surface area contributed by atoms with Gasteiger partial charge in [-0.3, -0.25) is 9.59 Å². The van der Waals surface area contributed by atoms with Crippen molar-refractivity contribution in [3.05, 3.63) is 24.3 Å². The van der Waals surface area contributed by atoms with Gasteiger partial charge < -0.3 is 24.4 Å². The van der Waals surface area contributed by atoms with E-state index < -0.39 is 5.60 Å². The predicted molar refractivity (Wildman–Crippen MR) is 108 cm³/mol. The summed E-state index contributed by atoms with van der Waals surface area (Å²) >= 11 is 0. The average Bonchev–Trinajstić information content (AvgIpc) is 2.73. The molecule has 1 atom stereocenters. The Balaban J connectivity index is 1.84. The Morgan fingerprint density at radius 3 is 2.46 bits per heavy atom. The topological polar surface area (TPSA) is 77.1 Å². The first-order valence-electron chi connectivity index (χ1n) is 9.93. The quantitative estimate of drug-likeness (QED) is 0.620. The van der Waals surface area contributed by atoms with Gasteiger partial charge >= 0.3 is 0 Å². The number of benzene rings is 1. The van der Waals surface area contributed by atoms with Crippen molar-refractivity contribution >= 4 is 17.5 Å². The number of carbonyl (C=O) groups is 2. The summed E-state index contributed by atoms with van der Waals surface area (Å²) in [7, 11) is 1.56. The zero-order chi connectivity index (χ0) is 20.4. The number of amides is 2. The van der Waals surface area contributed by atoms with Gasteiger partial charge in [0, 0.05) is 25.9 Å². The number of hydrogen-bond acceptors (Lipinski definition) is 5. The molecule has 1 aromatic rings. The van der Waals surface area contributed by atoms with E-state index in [1.165, 1.54) is 0 Å². The lowest BCUT2D eigenvalue weighted by molar-refractivity contribution is -0.137. The first-order chi connectivity index (χ1) is 13.5. The van der Waals surface area contributed by atoms with Gasteiger partial charge in [0.1, 0.15) is 11.4 Å².